The van der Waals surface area contributed by atoms with E-state index in [4.69, 9.17) is 0 Å². The number of methoxy groups -OCH3 is 1. The largest absolute Gasteiger partial charge is 0.465 e. The van der Waals surface area contributed by atoms with E-state index in [-0.39, 0.29) is 11.1 Å². The van der Waals surface area contributed by atoms with Crippen molar-refractivity contribution >= 4 is 17.5 Å². The molecule has 21 heavy (non-hydrogen) atoms. The number of rotatable bonds is 4. The van der Waals surface area contributed by atoms with Crippen molar-refractivity contribution in [2.45, 2.75) is 6.92 Å². The van der Waals surface area contributed by atoms with Crippen molar-refractivity contribution in [2.24, 2.45) is 0 Å². The first-order valence-corrected chi connectivity index (χ1v) is 6.37. The third kappa shape index (κ3) is 3.05. The number of hydrogen-bond donors (Lipinski definition) is 0. The molecule has 2 aromatic carbocycles. The van der Waals surface area contributed by atoms with Crippen LogP contribution in [0.1, 0.15) is 36.6 Å². The first kappa shape index (κ1) is 14.7. The molecule has 0 atom stereocenters. The van der Waals surface area contributed by atoms with Crippen molar-refractivity contribution in [2.75, 3.05) is 7.11 Å². The fourth-order valence-corrected chi connectivity index (χ4v) is 2.01. The predicted molar refractivity (Wildman–Crippen MR) is 77.6 cm³/mol. The molecule has 106 valence electrons. The van der Waals surface area contributed by atoms with E-state index in [1.165, 1.54) is 19.2 Å². The fourth-order valence-electron chi connectivity index (χ4n) is 2.01. The standard InChI is InChI=1S/C17H14O4/c1-11-6-5-7-12(10-11)15(18)16(19)13-8-3-4-9-14(13)17(20)21-2/h3-10H,1-2H3. The Kier molecular flexibility index (Phi) is 4.28. The molecule has 0 saturated heterocycles. The van der Waals surface area contributed by atoms with Gasteiger partial charge in [0.2, 0.25) is 11.6 Å². The normalized spacial score (nSPS) is 10.0. The van der Waals surface area contributed by atoms with Gasteiger partial charge in [0.1, 0.15) is 0 Å². The summed E-state index contributed by atoms with van der Waals surface area (Å²) in [7, 11) is 1.23. The number of ether oxygens (including phenoxy) is 1. The van der Waals surface area contributed by atoms with Crippen LogP contribution < -0.4 is 0 Å². The molecule has 0 N–H and O–H groups in total. The summed E-state index contributed by atoms with van der Waals surface area (Å²) in [4.78, 5) is 36.3. The minimum absolute atomic E-state index is 0.0517. The maximum Gasteiger partial charge on any atom is 0.338 e. The Balaban J connectivity index is 2.41. The second-order valence-corrected chi connectivity index (χ2v) is 4.56. The molecule has 4 nitrogen and oxygen atoms in total. The van der Waals surface area contributed by atoms with E-state index in [0.717, 1.165) is 5.56 Å². The Morgan fingerprint density at radius 1 is 0.857 bits per heavy atom. The van der Waals surface area contributed by atoms with E-state index >= 15 is 0 Å². The topological polar surface area (TPSA) is 60.4 Å². The summed E-state index contributed by atoms with van der Waals surface area (Å²) < 4.78 is 4.63. The van der Waals surface area contributed by atoms with Crippen molar-refractivity contribution in [3.05, 3.63) is 70.8 Å². The van der Waals surface area contributed by atoms with Gasteiger partial charge in [-0.1, -0.05) is 42.0 Å². The number of benzene rings is 2. The number of Topliss-reactive ketones (excluding diaryl/α,β-unsaturated/α-hetero) is 2. The molecule has 0 amide bonds. The molecule has 4 heteroatoms. The van der Waals surface area contributed by atoms with Gasteiger partial charge in [0, 0.05) is 11.1 Å². The highest BCUT2D eigenvalue weighted by molar-refractivity contribution is 6.50. The van der Waals surface area contributed by atoms with Gasteiger partial charge in [-0.2, -0.15) is 0 Å². The van der Waals surface area contributed by atoms with Gasteiger partial charge in [-0.15, -0.1) is 0 Å². The maximum atomic E-state index is 12.3. The van der Waals surface area contributed by atoms with Gasteiger partial charge in [-0.25, -0.2) is 4.79 Å². The molecular formula is C17H14O4. The monoisotopic (exact) mass is 282 g/mol. The van der Waals surface area contributed by atoms with Crippen LogP contribution in [0.4, 0.5) is 0 Å². The zero-order valence-electron chi connectivity index (χ0n) is 11.8. The van der Waals surface area contributed by atoms with Gasteiger partial charge in [-0.3, -0.25) is 9.59 Å². The zero-order chi connectivity index (χ0) is 15.4. The summed E-state index contributed by atoms with van der Waals surface area (Å²) in [6.07, 6.45) is 0. The SMILES string of the molecule is COC(=O)c1ccccc1C(=O)C(=O)c1cccc(C)c1. The van der Waals surface area contributed by atoms with Crippen LogP contribution in [0.25, 0.3) is 0 Å². The molecule has 0 radical (unpaired) electrons. The fraction of sp³-hybridized carbons (Fsp3) is 0.118. The number of ketones is 2. The zero-order valence-corrected chi connectivity index (χ0v) is 11.8. The molecule has 0 spiro atoms. The Bertz CT molecular complexity index is 716. The van der Waals surface area contributed by atoms with E-state index < -0.39 is 17.5 Å². The van der Waals surface area contributed by atoms with Gasteiger partial charge in [0.15, 0.2) is 0 Å². The lowest BCUT2D eigenvalue weighted by Gasteiger charge is -2.06. The van der Waals surface area contributed by atoms with Crippen LogP contribution in [-0.4, -0.2) is 24.6 Å². The Morgan fingerprint density at radius 3 is 2.14 bits per heavy atom. The van der Waals surface area contributed by atoms with Gasteiger partial charge in [-0.05, 0) is 19.1 Å². The minimum atomic E-state index is -0.721. The van der Waals surface area contributed by atoms with Crippen LogP contribution in [0.3, 0.4) is 0 Å². The molecular weight excluding hydrogens is 268 g/mol. The molecule has 0 unspecified atom stereocenters. The first-order chi connectivity index (χ1) is 10.0. The van der Waals surface area contributed by atoms with Crippen LogP contribution in [0, 0.1) is 6.92 Å². The third-order valence-corrected chi connectivity index (χ3v) is 3.06. The summed E-state index contributed by atoms with van der Waals surface area (Å²) in [5.74, 6) is -2.01. The molecule has 0 aliphatic carbocycles. The average molecular weight is 282 g/mol. The maximum absolute atomic E-state index is 12.3. The summed E-state index contributed by atoms with van der Waals surface area (Å²) in [5, 5.41) is 0. The molecule has 0 aliphatic rings. The molecule has 2 rings (SSSR count). The Labute approximate surface area is 122 Å². The molecule has 0 bridgehead atoms. The lowest BCUT2D eigenvalue weighted by molar-refractivity contribution is 0.0597. The van der Waals surface area contributed by atoms with Crippen molar-refractivity contribution in [3.63, 3.8) is 0 Å². The summed E-state index contributed by atoms with van der Waals surface area (Å²) in [5.41, 5.74) is 1.33. The van der Waals surface area contributed by atoms with Crippen LogP contribution >= 0.6 is 0 Å². The molecule has 0 saturated carbocycles. The Morgan fingerprint density at radius 2 is 1.52 bits per heavy atom. The predicted octanol–water partition coefficient (Wildman–Crippen LogP) is 2.85. The molecule has 0 fully saturated rings. The summed E-state index contributed by atoms with van der Waals surface area (Å²) in [6, 6.07) is 12.9. The quantitative estimate of drug-likeness (QED) is 0.491. The third-order valence-electron chi connectivity index (χ3n) is 3.06. The van der Waals surface area contributed by atoms with E-state index in [2.05, 4.69) is 4.74 Å². The van der Waals surface area contributed by atoms with Gasteiger partial charge in [0.25, 0.3) is 0 Å². The van der Waals surface area contributed by atoms with Crippen molar-refractivity contribution in [3.8, 4) is 0 Å². The molecule has 0 aliphatic heterocycles. The summed E-state index contributed by atoms with van der Waals surface area (Å²) >= 11 is 0. The second kappa shape index (κ2) is 6.13. The number of hydrogen-bond acceptors (Lipinski definition) is 4. The van der Waals surface area contributed by atoms with E-state index in [1.54, 1.807) is 30.3 Å². The van der Waals surface area contributed by atoms with Crippen molar-refractivity contribution in [1.82, 2.24) is 0 Å². The van der Waals surface area contributed by atoms with Crippen LogP contribution in [-0.2, 0) is 4.74 Å². The summed E-state index contributed by atoms with van der Waals surface area (Å²) in [6.45, 7) is 1.84. The minimum Gasteiger partial charge on any atom is -0.465 e. The molecule has 0 aromatic heterocycles. The Hall–Kier alpha value is -2.75. The van der Waals surface area contributed by atoms with Crippen molar-refractivity contribution in [1.29, 1.82) is 0 Å². The lowest BCUT2D eigenvalue weighted by Crippen LogP contribution is -2.18. The molecule has 2 aromatic rings. The van der Waals surface area contributed by atoms with Gasteiger partial charge in [0.05, 0.1) is 12.7 Å². The lowest BCUT2D eigenvalue weighted by atomic mass is 9.97. The number of carbonyl (C=O) groups excluding carboxylic acids is 3. The van der Waals surface area contributed by atoms with Gasteiger partial charge >= 0.3 is 5.97 Å². The second-order valence-electron chi connectivity index (χ2n) is 4.56. The smallest absolute Gasteiger partial charge is 0.338 e. The highest BCUT2D eigenvalue weighted by Crippen LogP contribution is 2.15. The average Bonchev–Trinajstić information content (AvgIpc) is 2.52. The van der Waals surface area contributed by atoms with Crippen LogP contribution in [0.2, 0.25) is 0 Å². The first-order valence-electron chi connectivity index (χ1n) is 6.37. The van der Waals surface area contributed by atoms with E-state index in [1.807, 2.05) is 13.0 Å². The van der Waals surface area contributed by atoms with Crippen LogP contribution in [0.5, 0.6) is 0 Å². The number of carbonyl (C=O) groups is 3. The number of esters is 1. The highest BCUT2D eigenvalue weighted by atomic mass is 16.5. The van der Waals surface area contributed by atoms with Crippen molar-refractivity contribution < 1.29 is 19.1 Å². The highest BCUT2D eigenvalue weighted by Gasteiger charge is 2.23. The van der Waals surface area contributed by atoms with E-state index in [0.29, 0.717) is 5.56 Å². The number of aryl methyl sites for hydroxylation is 1. The van der Waals surface area contributed by atoms with E-state index in [9.17, 15) is 14.4 Å². The van der Waals surface area contributed by atoms with Crippen LogP contribution in [0.15, 0.2) is 48.5 Å². The van der Waals surface area contributed by atoms with Gasteiger partial charge < -0.3 is 4.74 Å². The molecule has 0 heterocycles.